The van der Waals surface area contributed by atoms with E-state index in [9.17, 15) is 18.0 Å². The zero-order valence-electron chi connectivity index (χ0n) is 20.5. The van der Waals surface area contributed by atoms with Gasteiger partial charge in [0.1, 0.15) is 12.4 Å². The molecule has 2 aromatic carbocycles. The number of carbonyl (C=O) groups excluding carboxylic acids is 1. The summed E-state index contributed by atoms with van der Waals surface area (Å²) in [7, 11) is 0. The van der Waals surface area contributed by atoms with Crippen LogP contribution in [0.2, 0.25) is 0 Å². The highest BCUT2D eigenvalue weighted by Crippen LogP contribution is 2.26. The molecule has 200 valence electrons. The molecule has 0 saturated heterocycles. The van der Waals surface area contributed by atoms with Crippen LogP contribution in [0, 0.1) is 0 Å². The maximum absolute atomic E-state index is 12.1. The van der Waals surface area contributed by atoms with Crippen molar-refractivity contribution in [1.29, 1.82) is 0 Å². The minimum atomic E-state index is -5.08. The van der Waals surface area contributed by atoms with Crippen molar-refractivity contribution in [3.8, 4) is 17.0 Å². The van der Waals surface area contributed by atoms with Crippen LogP contribution in [0.1, 0.15) is 32.9 Å². The van der Waals surface area contributed by atoms with Crippen molar-refractivity contribution in [2.75, 3.05) is 6.54 Å². The molecule has 3 N–H and O–H groups in total. The highest BCUT2D eigenvalue weighted by Gasteiger charge is 2.38. The first kappa shape index (κ1) is 27.2. The van der Waals surface area contributed by atoms with Crippen molar-refractivity contribution in [2.45, 2.75) is 19.2 Å². The smallest absolute Gasteiger partial charge is 0.488 e. The Morgan fingerprint density at radius 1 is 1.03 bits per heavy atom. The van der Waals surface area contributed by atoms with Gasteiger partial charge in [0.25, 0.3) is 5.91 Å². The van der Waals surface area contributed by atoms with Crippen LogP contribution in [0.5, 0.6) is 5.75 Å². The van der Waals surface area contributed by atoms with E-state index in [4.69, 9.17) is 14.6 Å². The summed E-state index contributed by atoms with van der Waals surface area (Å²) < 4.78 is 37.8. The van der Waals surface area contributed by atoms with Crippen molar-refractivity contribution < 1.29 is 32.6 Å². The Kier molecular flexibility index (Phi) is 8.45. The van der Waals surface area contributed by atoms with Gasteiger partial charge in [-0.15, -0.1) is 0 Å². The van der Waals surface area contributed by atoms with Gasteiger partial charge in [0.15, 0.2) is 0 Å². The van der Waals surface area contributed by atoms with Crippen molar-refractivity contribution >= 4 is 24.0 Å². The third-order valence-electron chi connectivity index (χ3n) is 5.73. The van der Waals surface area contributed by atoms with E-state index < -0.39 is 12.1 Å². The Morgan fingerprint density at radius 2 is 1.74 bits per heavy atom. The number of aromatic nitrogens is 2. The largest absolute Gasteiger partial charge is 0.490 e. The van der Waals surface area contributed by atoms with Crippen molar-refractivity contribution in [3.05, 3.63) is 107 Å². The van der Waals surface area contributed by atoms with Crippen LogP contribution in [-0.4, -0.2) is 39.7 Å². The van der Waals surface area contributed by atoms with Gasteiger partial charge in [-0.1, -0.05) is 48.5 Å². The molecule has 5 rings (SSSR count). The second-order valence-electron chi connectivity index (χ2n) is 8.50. The van der Waals surface area contributed by atoms with Crippen LogP contribution in [0.25, 0.3) is 23.4 Å². The van der Waals surface area contributed by atoms with Gasteiger partial charge in [-0.2, -0.15) is 13.2 Å². The SMILES string of the molecule is O=C(O)C(F)(F)F.O=C1NCCc2[nH]c(-c3ccnc(C=Cc4ccccc4OCc4ccccc4)c3)cc21. The zero-order valence-corrected chi connectivity index (χ0v) is 20.5. The first-order valence-electron chi connectivity index (χ1n) is 11.9. The number of nitrogens with one attached hydrogen (secondary N) is 2. The third kappa shape index (κ3) is 7.35. The molecule has 0 unspecified atom stereocenters. The summed E-state index contributed by atoms with van der Waals surface area (Å²) >= 11 is 0. The number of para-hydroxylation sites is 1. The van der Waals surface area contributed by atoms with Gasteiger partial charge in [0.05, 0.1) is 11.3 Å². The van der Waals surface area contributed by atoms with Crippen LogP contribution in [0.3, 0.4) is 0 Å². The fraction of sp³-hybridized carbons (Fsp3) is 0.138. The molecule has 0 bridgehead atoms. The van der Waals surface area contributed by atoms with Crippen molar-refractivity contribution in [1.82, 2.24) is 15.3 Å². The number of benzene rings is 2. The zero-order chi connectivity index (χ0) is 27.8. The van der Waals surface area contributed by atoms with Gasteiger partial charge in [-0.25, -0.2) is 4.79 Å². The Hall–Kier alpha value is -4.86. The molecule has 10 heteroatoms. The normalized spacial score (nSPS) is 12.7. The Morgan fingerprint density at radius 3 is 2.46 bits per heavy atom. The topological polar surface area (TPSA) is 104 Å². The quantitative estimate of drug-likeness (QED) is 0.292. The highest BCUT2D eigenvalue weighted by molar-refractivity contribution is 5.97. The van der Waals surface area contributed by atoms with Gasteiger partial charge in [0.2, 0.25) is 0 Å². The minimum Gasteiger partial charge on any atom is -0.488 e. The number of hydrogen-bond donors (Lipinski definition) is 3. The number of fused-ring (bicyclic) bond motifs is 1. The molecule has 1 amide bonds. The lowest BCUT2D eigenvalue weighted by Crippen LogP contribution is -2.31. The number of rotatable bonds is 6. The molecule has 0 saturated carbocycles. The van der Waals surface area contributed by atoms with Gasteiger partial charge >= 0.3 is 12.1 Å². The number of alkyl halides is 3. The van der Waals surface area contributed by atoms with Crippen LogP contribution in [0.4, 0.5) is 13.2 Å². The summed E-state index contributed by atoms with van der Waals surface area (Å²) in [5, 5.41) is 10.0. The highest BCUT2D eigenvalue weighted by atomic mass is 19.4. The molecule has 2 aromatic heterocycles. The van der Waals surface area contributed by atoms with E-state index in [1.807, 2.05) is 72.8 Å². The number of nitrogens with zero attached hydrogens (tertiary/aromatic N) is 1. The van der Waals surface area contributed by atoms with Crippen LogP contribution in [0.15, 0.2) is 79.0 Å². The van der Waals surface area contributed by atoms with E-state index >= 15 is 0 Å². The first-order chi connectivity index (χ1) is 18.7. The van der Waals surface area contributed by atoms with E-state index in [-0.39, 0.29) is 5.91 Å². The van der Waals surface area contributed by atoms with E-state index in [0.717, 1.165) is 51.5 Å². The molecule has 7 nitrogen and oxygen atoms in total. The molecule has 1 aliphatic rings. The number of pyridine rings is 1. The van der Waals surface area contributed by atoms with Gasteiger partial charge < -0.3 is 20.1 Å². The lowest BCUT2D eigenvalue weighted by atomic mass is 10.1. The maximum Gasteiger partial charge on any atom is 0.490 e. The minimum absolute atomic E-state index is 0.0185. The predicted octanol–water partition coefficient (Wildman–Crippen LogP) is 5.75. The number of carboxylic acid groups (broad SMARTS) is 1. The summed E-state index contributed by atoms with van der Waals surface area (Å²) in [4.78, 5) is 28.8. The predicted molar refractivity (Wildman–Crippen MR) is 140 cm³/mol. The van der Waals surface area contributed by atoms with E-state index in [2.05, 4.69) is 27.4 Å². The Labute approximate surface area is 222 Å². The maximum atomic E-state index is 12.1. The second-order valence-corrected chi connectivity index (χ2v) is 8.50. The molecule has 0 spiro atoms. The second kappa shape index (κ2) is 12.1. The summed E-state index contributed by atoms with van der Waals surface area (Å²) in [6.45, 7) is 1.19. The summed E-state index contributed by atoms with van der Waals surface area (Å²) in [6.07, 6.45) is 1.51. The Bertz CT molecular complexity index is 1480. The summed E-state index contributed by atoms with van der Waals surface area (Å²) in [6, 6.07) is 24.0. The van der Waals surface area contributed by atoms with E-state index in [1.54, 1.807) is 6.20 Å². The van der Waals surface area contributed by atoms with Gasteiger partial charge in [0, 0.05) is 41.7 Å². The summed E-state index contributed by atoms with van der Waals surface area (Å²) in [5.74, 6) is -1.95. The molecule has 0 fully saturated rings. The number of ether oxygens (including phenoxy) is 1. The monoisotopic (exact) mass is 535 g/mol. The third-order valence-corrected chi connectivity index (χ3v) is 5.73. The molecule has 0 radical (unpaired) electrons. The van der Waals surface area contributed by atoms with E-state index in [0.29, 0.717) is 13.2 Å². The number of H-pyrrole nitrogens is 1. The molecular formula is C29H24F3N3O4. The summed E-state index contributed by atoms with van der Waals surface area (Å²) in [5.41, 5.74) is 6.58. The lowest BCUT2D eigenvalue weighted by Gasteiger charge is -2.10. The van der Waals surface area contributed by atoms with Crippen molar-refractivity contribution in [3.63, 3.8) is 0 Å². The van der Waals surface area contributed by atoms with Crippen LogP contribution < -0.4 is 10.1 Å². The molecular weight excluding hydrogens is 511 g/mol. The molecule has 1 aliphatic heterocycles. The molecule has 0 atom stereocenters. The first-order valence-corrected chi connectivity index (χ1v) is 11.9. The average molecular weight is 536 g/mol. The number of halogens is 3. The Balaban J connectivity index is 0.000000448. The van der Waals surface area contributed by atoms with E-state index in [1.165, 1.54) is 0 Å². The van der Waals surface area contributed by atoms with Crippen molar-refractivity contribution in [2.24, 2.45) is 0 Å². The fourth-order valence-corrected chi connectivity index (χ4v) is 3.82. The lowest BCUT2D eigenvalue weighted by molar-refractivity contribution is -0.192. The molecule has 39 heavy (non-hydrogen) atoms. The van der Waals surface area contributed by atoms with Gasteiger partial charge in [-0.05, 0) is 42.0 Å². The molecule has 4 aromatic rings. The van der Waals surface area contributed by atoms with Crippen LogP contribution >= 0.6 is 0 Å². The molecule has 3 heterocycles. The van der Waals surface area contributed by atoms with Gasteiger partial charge in [-0.3, -0.25) is 9.78 Å². The van der Waals surface area contributed by atoms with Crippen LogP contribution in [-0.2, 0) is 17.8 Å². The fourth-order valence-electron chi connectivity index (χ4n) is 3.82. The molecule has 0 aliphatic carbocycles. The number of hydrogen-bond acceptors (Lipinski definition) is 4. The standard InChI is InChI=1S/C27H23N3O2.C2HF3O2/c31-27-23-17-25(30-24(23)13-15-29-27)21-12-14-28-22(16-21)11-10-20-8-4-5-9-26(20)32-18-19-6-2-1-3-7-19;3-2(4,5)1(6)7/h1-12,14,16-17,30H,13,15,18H2,(H,29,31);(H,6,7). The average Bonchev–Trinajstić information content (AvgIpc) is 3.38. The number of amides is 1. The number of aliphatic carboxylic acids is 1. The number of aromatic amines is 1. The number of carboxylic acids is 1. The number of carbonyl (C=O) groups is 2.